The molecule has 2 aliphatic rings. The Morgan fingerprint density at radius 2 is 1.77 bits per heavy atom. The number of ether oxygens (including phenoxy) is 1. The lowest BCUT2D eigenvalue weighted by Gasteiger charge is -2.46. The molecule has 1 N–H and O–H groups in total. The molecule has 0 radical (unpaired) electrons. The lowest BCUT2D eigenvalue weighted by Crippen LogP contribution is -2.62. The SMILES string of the molecule is CN1CC(=O)N2[C@@H](c3ccc(OC(F)(F)F)cc3)c3[nH]c4ccccc4c3C[C@H]2C1=O. The van der Waals surface area contributed by atoms with Crippen molar-refractivity contribution in [3.63, 3.8) is 0 Å². The van der Waals surface area contributed by atoms with E-state index in [1.54, 1.807) is 11.9 Å². The normalized spacial score (nSPS) is 21.3. The van der Waals surface area contributed by atoms with Gasteiger partial charge in [0, 0.05) is 30.1 Å². The second-order valence-electron chi connectivity index (χ2n) is 7.80. The molecule has 0 unspecified atom stereocenters. The average molecular weight is 429 g/mol. The zero-order valence-corrected chi connectivity index (χ0v) is 16.4. The number of nitrogens with zero attached hydrogens (tertiary/aromatic N) is 2. The van der Waals surface area contributed by atoms with Crippen molar-refractivity contribution in [3.05, 3.63) is 65.4 Å². The molecule has 9 heteroatoms. The zero-order chi connectivity index (χ0) is 21.9. The fourth-order valence-corrected chi connectivity index (χ4v) is 4.60. The van der Waals surface area contributed by atoms with Gasteiger partial charge >= 0.3 is 6.36 Å². The molecule has 0 spiro atoms. The van der Waals surface area contributed by atoms with Crippen LogP contribution in [-0.2, 0) is 16.0 Å². The molecule has 1 fully saturated rings. The van der Waals surface area contributed by atoms with Gasteiger partial charge in [0.1, 0.15) is 11.8 Å². The van der Waals surface area contributed by atoms with Crippen LogP contribution in [0, 0.1) is 0 Å². The zero-order valence-electron chi connectivity index (χ0n) is 16.4. The van der Waals surface area contributed by atoms with Gasteiger partial charge in [-0.15, -0.1) is 13.2 Å². The van der Waals surface area contributed by atoms with E-state index in [0.717, 1.165) is 22.2 Å². The highest BCUT2D eigenvalue weighted by molar-refractivity contribution is 5.97. The number of piperazine rings is 1. The van der Waals surface area contributed by atoms with Gasteiger partial charge in [-0.2, -0.15) is 0 Å². The van der Waals surface area contributed by atoms with E-state index in [1.807, 2.05) is 24.3 Å². The summed E-state index contributed by atoms with van der Waals surface area (Å²) in [5.74, 6) is -0.712. The molecule has 2 aliphatic heterocycles. The first-order valence-corrected chi connectivity index (χ1v) is 9.74. The summed E-state index contributed by atoms with van der Waals surface area (Å²) < 4.78 is 41.6. The standard InChI is InChI=1S/C22H18F3N3O3/c1-27-11-18(29)28-17(21(27)30)10-15-14-4-2-3-5-16(14)26-19(15)20(28)12-6-8-13(9-7-12)31-22(23,24)25/h2-9,17,20,26H,10-11H2,1H3/t17-,20-/m0/s1. The van der Waals surface area contributed by atoms with Crippen LogP contribution in [0.15, 0.2) is 48.5 Å². The number of rotatable bonds is 2. The summed E-state index contributed by atoms with van der Waals surface area (Å²) in [6, 6.07) is 11.8. The van der Waals surface area contributed by atoms with Crippen molar-refractivity contribution in [2.45, 2.75) is 24.9 Å². The van der Waals surface area contributed by atoms with Crippen molar-refractivity contribution in [1.82, 2.24) is 14.8 Å². The van der Waals surface area contributed by atoms with Gasteiger partial charge in [-0.25, -0.2) is 0 Å². The monoisotopic (exact) mass is 429 g/mol. The first kappa shape index (κ1) is 19.5. The number of halogens is 3. The average Bonchev–Trinajstić information content (AvgIpc) is 3.08. The molecular weight excluding hydrogens is 411 g/mol. The Morgan fingerprint density at radius 3 is 2.48 bits per heavy atom. The van der Waals surface area contributed by atoms with Gasteiger partial charge in [0.05, 0.1) is 12.6 Å². The Labute approximate surface area is 175 Å². The van der Waals surface area contributed by atoms with Gasteiger partial charge in [-0.05, 0) is 29.3 Å². The summed E-state index contributed by atoms with van der Waals surface area (Å²) in [5, 5.41) is 0.965. The van der Waals surface area contributed by atoms with E-state index in [9.17, 15) is 22.8 Å². The fraction of sp³-hybridized carbons (Fsp3) is 0.273. The quantitative estimate of drug-likeness (QED) is 0.679. The molecule has 1 saturated heterocycles. The number of H-pyrrole nitrogens is 1. The van der Waals surface area contributed by atoms with E-state index >= 15 is 0 Å². The van der Waals surface area contributed by atoms with Crippen LogP contribution in [0.4, 0.5) is 13.2 Å². The molecule has 3 heterocycles. The van der Waals surface area contributed by atoms with Crippen molar-refractivity contribution < 1.29 is 27.5 Å². The minimum atomic E-state index is -4.79. The molecule has 3 aromatic rings. The van der Waals surface area contributed by atoms with Crippen LogP contribution in [-0.4, -0.2) is 52.6 Å². The minimum absolute atomic E-state index is 0.0450. The number of carbonyl (C=O) groups excluding carboxylic acids is 2. The van der Waals surface area contributed by atoms with Crippen molar-refractivity contribution in [2.24, 2.45) is 0 Å². The van der Waals surface area contributed by atoms with Crippen LogP contribution in [0.2, 0.25) is 0 Å². The van der Waals surface area contributed by atoms with Crippen LogP contribution >= 0.6 is 0 Å². The molecule has 160 valence electrons. The highest BCUT2D eigenvalue weighted by atomic mass is 19.4. The second kappa shape index (κ2) is 6.76. The Balaban J connectivity index is 1.65. The van der Waals surface area contributed by atoms with Gasteiger partial charge < -0.3 is 19.5 Å². The largest absolute Gasteiger partial charge is 0.573 e. The third-order valence-electron chi connectivity index (χ3n) is 5.88. The minimum Gasteiger partial charge on any atom is -0.406 e. The lowest BCUT2D eigenvalue weighted by atomic mass is 9.86. The number of amides is 2. The molecule has 2 aromatic carbocycles. The number of nitrogens with one attached hydrogen (secondary N) is 1. The summed E-state index contributed by atoms with van der Waals surface area (Å²) in [7, 11) is 1.60. The molecule has 0 bridgehead atoms. The predicted octanol–water partition coefficient (Wildman–Crippen LogP) is 3.38. The summed E-state index contributed by atoms with van der Waals surface area (Å²) >= 11 is 0. The number of carbonyl (C=O) groups is 2. The Bertz CT molecular complexity index is 1190. The van der Waals surface area contributed by atoms with Gasteiger partial charge in [-0.3, -0.25) is 9.59 Å². The Hall–Kier alpha value is -3.49. The van der Waals surface area contributed by atoms with E-state index in [-0.39, 0.29) is 24.1 Å². The van der Waals surface area contributed by atoms with Crippen molar-refractivity contribution >= 4 is 22.7 Å². The van der Waals surface area contributed by atoms with Crippen molar-refractivity contribution in [1.29, 1.82) is 0 Å². The van der Waals surface area contributed by atoms with E-state index in [1.165, 1.54) is 29.2 Å². The number of aromatic nitrogens is 1. The third kappa shape index (κ3) is 3.20. The summed E-state index contributed by atoms with van der Waals surface area (Å²) in [4.78, 5) is 32.3. The summed E-state index contributed by atoms with van der Waals surface area (Å²) in [6.45, 7) is -0.0450. The predicted molar refractivity (Wildman–Crippen MR) is 105 cm³/mol. The number of para-hydroxylation sites is 1. The number of likely N-dealkylation sites (N-methyl/N-ethyl adjacent to an activating group) is 1. The van der Waals surface area contributed by atoms with Crippen LogP contribution in [0.25, 0.3) is 10.9 Å². The molecule has 6 nitrogen and oxygen atoms in total. The molecule has 1 aromatic heterocycles. The number of hydrogen-bond acceptors (Lipinski definition) is 3. The van der Waals surface area contributed by atoms with E-state index in [0.29, 0.717) is 12.0 Å². The van der Waals surface area contributed by atoms with Crippen LogP contribution in [0.1, 0.15) is 22.9 Å². The first-order chi connectivity index (χ1) is 14.7. The maximum absolute atomic E-state index is 13.0. The number of fused-ring (bicyclic) bond motifs is 4. The highest BCUT2D eigenvalue weighted by Crippen LogP contribution is 2.42. The Kier molecular flexibility index (Phi) is 4.25. The maximum Gasteiger partial charge on any atom is 0.573 e. The van der Waals surface area contributed by atoms with E-state index in [4.69, 9.17) is 0 Å². The van der Waals surface area contributed by atoms with E-state index in [2.05, 4.69) is 9.72 Å². The maximum atomic E-state index is 13.0. The van der Waals surface area contributed by atoms with Crippen molar-refractivity contribution in [3.8, 4) is 5.75 Å². The molecule has 2 atom stereocenters. The topological polar surface area (TPSA) is 65.6 Å². The number of aromatic amines is 1. The van der Waals surface area contributed by atoms with Crippen LogP contribution < -0.4 is 4.74 Å². The van der Waals surface area contributed by atoms with Crippen molar-refractivity contribution in [2.75, 3.05) is 13.6 Å². The van der Waals surface area contributed by atoms with Gasteiger partial charge in [-0.1, -0.05) is 30.3 Å². The highest BCUT2D eigenvalue weighted by Gasteiger charge is 2.47. The lowest BCUT2D eigenvalue weighted by molar-refractivity contribution is -0.274. The van der Waals surface area contributed by atoms with E-state index < -0.39 is 18.4 Å². The second-order valence-corrected chi connectivity index (χ2v) is 7.80. The number of hydrogen-bond donors (Lipinski definition) is 1. The molecule has 31 heavy (non-hydrogen) atoms. The summed E-state index contributed by atoms with van der Waals surface area (Å²) in [5.41, 5.74) is 3.18. The van der Waals surface area contributed by atoms with Crippen LogP contribution in [0.5, 0.6) is 5.75 Å². The molecule has 5 rings (SSSR count). The molecule has 0 aliphatic carbocycles. The smallest absolute Gasteiger partial charge is 0.406 e. The summed E-state index contributed by atoms with van der Waals surface area (Å²) in [6.07, 6.45) is -4.42. The molecule has 0 saturated carbocycles. The fourth-order valence-electron chi connectivity index (χ4n) is 4.60. The molecular formula is C22H18F3N3O3. The molecule has 2 amide bonds. The number of alkyl halides is 3. The van der Waals surface area contributed by atoms with Crippen LogP contribution in [0.3, 0.4) is 0 Å². The van der Waals surface area contributed by atoms with Gasteiger partial charge in [0.2, 0.25) is 11.8 Å². The Morgan fingerprint density at radius 1 is 1.06 bits per heavy atom. The number of benzene rings is 2. The van der Waals surface area contributed by atoms with Gasteiger partial charge in [0.15, 0.2) is 0 Å². The third-order valence-corrected chi connectivity index (χ3v) is 5.88. The first-order valence-electron chi connectivity index (χ1n) is 9.74. The van der Waals surface area contributed by atoms with Gasteiger partial charge in [0.25, 0.3) is 0 Å².